The number of carboxylic acids is 1. The number of amides is 1. The summed E-state index contributed by atoms with van der Waals surface area (Å²) in [6.45, 7) is 1.67. The van der Waals surface area contributed by atoms with Crippen molar-refractivity contribution in [3.8, 4) is 0 Å². The molecule has 0 aliphatic rings. The normalized spacial score (nSPS) is 11.9. The van der Waals surface area contributed by atoms with E-state index in [2.05, 4.69) is 24.4 Å². The number of hydrogen-bond acceptors (Lipinski definition) is 3. The Kier molecular flexibility index (Phi) is 23.4. The predicted molar refractivity (Wildman–Crippen MR) is 107 cm³/mol. The van der Waals surface area contributed by atoms with Crippen molar-refractivity contribution in [1.29, 1.82) is 0 Å². The average molecular weight is 394 g/mol. The van der Waals surface area contributed by atoms with Gasteiger partial charge in [-0.15, -0.1) is 0 Å². The number of carboxylic acid groups (broad SMARTS) is 1. The minimum atomic E-state index is -1.20. The molecule has 0 heterocycles. The van der Waals surface area contributed by atoms with Crippen LogP contribution in [0.4, 0.5) is 0 Å². The van der Waals surface area contributed by atoms with E-state index >= 15 is 0 Å². The third-order valence-corrected chi connectivity index (χ3v) is 4.48. The molecule has 0 aromatic rings. The Morgan fingerprint density at radius 3 is 1.85 bits per heavy atom. The number of aliphatic carboxylic acids is 1. The first-order valence-electron chi connectivity index (χ1n) is 10.4. The van der Waals surface area contributed by atoms with Crippen molar-refractivity contribution in [2.45, 2.75) is 103 Å². The molecule has 1 amide bonds. The molecule has 1 atom stereocenters. The molecule has 0 spiro atoms. The molecule has 0 bridgehead atoms. The molecule has 0 aromatic heterocycles. The predicted octanol–water partition coefficient (Wildman–Crippen LogP) is 1.70. The van der Waals surface area contributed by atoms with E-state index in [0.717, 1.165) is 32.1 Å². The SMILES string of the molecule is CCCCCCCC/C=C\CCCCCCCC(=O)NC(CO)C(=O)O.[H-].[Na+]. The molecule has 0 fully saturated rings. The molecule has 6 heteroatoms. The summed E-state index contributed by atoms with van der Waals surface area (Å²) in [5.41, 5.74) is 0. The van der Waals surface area contributed by atoms with Gasteiger partial charge >= 0.3 is 35.5 Å². The number of rotatable bonds is 18. The van der Waals surface area contributed by atoms with E-state index in [1.807, 2.05) is 0 Å². The molecule has 0 rings (SSSR count). The standard InChI is InChI=1S/C21H39NO4.Na.H/c1-2-3-4-5-6-7-8-9-10-11-12-13-14-15-16-17-20(24)22-19(18-23)21(25)26;;/h9-10,19,23H,2-8,11-18H2,1H3,(H,22,24)(H,25,26);;/q;+1;-1/b10-9-;;. The van der Waals surface area contributed by atoms with Gasteiger partial charge in [-0.05, 0) is 32.1 Å². The fourth-order valence-electron chi connectivity index (χ4n) is 2.81. The van der Waals surface area contributed by atoms with Crippen LogP contribution in [0.15, 0.2) is 12.2 Å². The molecule has 154 valence electrons. The maximum atomic E-state index is 11.6. The largest absolute Gasteiger partial charge is 1.00 e. The molecule has 5 nitrogen and oxygen atoms in total. The van der Waals surface area contributed by atoms with Gasteiger partial charge in [0.2, 0.25) is 5.91 Å². The van der Waals surface area contributed by atoms with Gasteiger partial charge in [-0.1, -0.05) is 70.4 Å². The van der Waals surface area contributed by atoms with Crippen molar-refractivity contribution < 1.29 is 50.8 Å². The summed E-state index contributed by atoms with van der Waals surface area (Å²) in [6, 6.07) is -1.19. The second-order valence-electron chi connectivity index (χ2n) is 6.98. The Hall–Kier alpha value is -0.360. The summed E-state index contributed by atoms with van der Waals surface area (Å²) in [5, 5.41) is 19.9. The van der Waals surface area contributed by atoms with Crippen LogP contribution in [-0.2, 0) is 9.59 Å². The molecule has 27 heavy (non-hydrogen) atoms. The van der Waals surface area contributed by atoms with Crippen LogP contribution in [0.2, 0.25) is 0 Å². The van der Waals surface area contributed by atoms with Crippen molar-refractivity contribution in [3.05, 3.63) is 12.2 Å². The Balaban J connectivity index is -0.00000312. The first kappa shape index (κ1) is 28.8. The minimum Gasteiger partial charge on any atom is -1.00 e. The van der Waals surface area contributed by atoms with Gasteiger partial charge in [-0.2, -0.15) is 0 Å². The van der Waals surface area contributed by atoms with Crippen LogP contribution < -0.4 is 34.9 Å². The number of carbonyl (C=O) groups is 2. The fourth-order valence-corrected chi connectivity index (χ4v) is 2.81. The quantitative estimate of drug-likeness (QED) is 0.188. The Morgan fingerprint density at radius 2 is 1.37 bits per heavy atom. The topological polar surface area (TPSA) is 86.6 Å². The molecule has 0 aromatic carbocycles. The van der Waals surface area contributed by atoms with Gasteiger partial charge in [-0.3, -0.25) is 4.79 Å². The average Bonchev–Trinajstić information content (AvgIpc) is 2.62. The van der Waals surface area contributed by atoms with Crippen molar-refractivity contribution >= 4 is 11.9 Å². The summed E-state index contributed by atoms with van der Waals surface area (Å²) in [7, 11) is 0. The maximum Gasteiger partial charge on any atom is 1.00 e. The van der Waals surface area contributed by atoms with Crippen molar-refractivity contribution in [1.82, 2.24) is 5.32 Å². The van der Waals surface area contributed by atoms with Gasteiger partial charge in [0.15, 0.2) is 0 Å². The van der Waals surface area contributed by atoms with Crippen LogP contribution in [0.1, 0.15) is 98.2 Å². The number of allylic oxidation sites excluding steroid dienone is 2. The molecule has 0 saturated carbocycles. The van der Waals surface area contributed by atoms with E-state index in [9.17, 15) is 9.59 Å². The molecule has 0 saturated heterocycles. The van der Waals surface area contributed by atoms with Gasteiger partial charge in [0.05, 0.1) is 6.61 Å². The summed E-state index contributed by atoms with van der Waals surface area (Å²) in [6.07, 6.45) is 20.5. The van der Waals surface area contributed by atoms with Crippen molar-refractivity contribution in [2.24, 2.45) is 0 Å². The van der Waals surface area contributed by atoms with Crippen molar-refractivity contribution in [3.63, 3.8) is 0 Å². The van der Waals surface area contributed by atoms with Gasteiger partial charge in [-0.25, -0.2) is 4.79 Å². The van der Waals surface area contributed by atoms with Crippen LogP contribution in [0.5, 0.6) is 0 Å². The third kappa shape index (κ3) is 20.2. The van der Waals surface area contributed by atoms with E-state index in [1.165, 1.54) is 51.4 Å². The summed E-state index contributed by atoms with van der Waals surface area (Å²) < 4.78 is 0. The van der Waals surface area contributed by atoms with E-state index in [0.29, 0.717) is 6.42 Å². The zero-order chi connectivity index (χ0) is 19.5. The molecular weight excluding hydrogens is 353 g/mol. The number of nitrogens with one attached hydrogen (secondary N) is 1. The first-order chi connectivity index (χ1) is 12.6. The zero-order valence-corrected chi connectivity index (χ0v) is 19.5. The fraction of sp³-hybridized carbons (Fsp3) is 0.810. The van der Waals surface area contributed by atoms with Gasteiger partial charge in [0, 0.05) is 6.42 Å². The second kappa shape index (κ2) is 21.9. The van der Waals surface area contributed by atoms with Crippen molar-refractivity contribution in [2.75, 3.05) is 6.61 Å². The zero-order valence-electron chi connectivity index (χ0n) is 18.5. The van der Waals surface area contributed by atoms with Crippen LogP contribution in [-0.4, -0.2) is 34.7 Å². The van der Waals surface area contributed by atoms with Crippen LogP contribution in [0, 0.1) is 0 Å². The summed E-state index contributed by atoms with van der Waals surface area (Å²) in [5.74, 6) is -1.51. The number of aliphatic hydroxyl groups excluding tert-OH is 1. The monoisotopic (exact) mass is 393 g/mol. The third-order valence-electron chi connectivity index (χ3n) is 4.48. The summed E-state index contributed by atoms with van der Waals surface area (Å²) in [4.78, 5) is 22.3. The summed E-state index contributed by atoms with van der Waals surface area (Å²) >= 11 is 0. The number of unbranched alkanes of at least 4 members (excludes halogenated alkanes) is 11. The van der Waals surface area contributed by atoms with Crippen LogP contribution in [0.3, 0.4) is 0 Å². The van der Waals surface area contributed by atoms with E-state index in [-0.39, 0.29) is 36.9 Å². The van der Waals surface area contributed by atoms with E-state index < -0.39 is 18.6 Å². The molecular formula is C21H40NNaO4. The molecule has 3 N–H and O–H groups in total. The first-order valence-corrected chi connectivity index (χ1v) is 10.4. The van der Waals surface area contributed by atoms with Crippen LogP contribution >= 0.6 is 0 Å². The maximum absolute atomic E-state index is 11.6. The van der Waals surface area contributed by atoms with E-state index in [1.54, 1.807) is 0 Å². The Labute approximate surface area is 189 Å². The molecule has 0 aliphatic carbocycles. The van der Waals surface area contributed by atoms with E-state index in [4.69, 9.17) is 10.2 Å². The minimum absolute atomic E-state index is 0. The number of hydrogen-bond donors (Lipinski definition) is 3. The molecule has 1 unspecified atom stereocenters. The second-order valence-corrected chi connectivity index (χ2v) is 6.98. The number of carbonyl (C=O) groups excluding carboxylic acids is 1. The van der Waals surface area contributed by atoms with Gasteiger partial charge < -0.3 is 17.0 Å². The molecule has 0 aliphatic heterocycles. The number of aliphatic hydroxyl groups is 1. The molecule has 0 radical (unpaired) electrons. The van der Waals surface area contributed by atoms with Gasteiger partial charge in [0.1, 0.15) is 6.04 Å². The van der Waals surface area contributed by atoms with Crippen LogP contribution in [0.25, 0.3) is 0 Å². The van der Waals surface area contributed by atoms with Gasteiger partial charge in [0.25, 0.3) is 0 Å². The Morgan fingerprint density at radius 1 is 0.889 bits per heavy atom. The smallest absolute Gasteiger partial charge is 1.00 e. The Bertz CT molecular complexity index is 395.